The van der Waals surface area contributed by atoms with Gasteiger partial charge in [0.05, 0.1) is 0 Å². The van der Waals surface area contributed by atoms with Crippen LogP contribution in [-0.2, 0) is 0 Å². The van der Waals surface area contributed by atoms with Crippen molar-refractivity contribution >= 4 is 27.3 Å². The number of rotatable bonds is 4. The Hall–Kier alpha value is 0.502. The van der Waals surface area contributed by atoms with Crippen LogP contribution in [0.2, 0.25) is 0 Å². The molecule has 0 N–H and O–H groups in total. The van der Waals surface area contributed by atoms with E-state index >= 15 is 0 Å². The predicted molar refractivity (Wildman–Crippen MR) is 35.2 cm³/mol. The topological polar surface area (TPSA) is 0 Å². The first kappa shape index (κ1) is 15.0. The van der Waals surface area contributed by atoms with E-state index < -0.39 is 31.6 Å². The van der Waals surface area contributed by atoms with Gasteiger partial charge in [0.25, 0.3) is 6.43 Å². The second kappa shape index (κ2) is 6.96. The molecule has 0 aromatic carbocycles. The van der Waals surface area contributed by atoms with Crippen molar-refractivity contribution in [1.29, 1.82) is 0 Å². The summed E-state index contributed by atoms with van der Waals surface area (Å²) in [5.74, 6) is 0. The Morgan fingerprint density at radius 1 is 0.833 bits per heavy atom. The molecule has 0 rings (SSSR count). The van der Waals surface area contributed by atoms with Crippen molar-refractivity contribution in [1.82, 2.24) is 0 Å². The van der Waals surface area contributed by atoms with E-state index in [1.165, 1.54) is 0 Å². The van der Waals surface area contributed by atoms with Crippen LogP contribution in [-0.4, -0.2) is 58.9 Å². The summed E-state index contributed by atoms with van der Waals surface area (Å²) >= 11 is 0. The number of halogens is 6. The molecular formula is C5H8F6Pb. The van der Waals surface area contributed by atoms with Gasteiger partial charge >= 0.3 is 27.3 Å². The summed E-state index contributed by atoms with van der Waals surface area (Å²) in [5, 5.41) is 0. The Balaban J connectivity index is 0. The first-order valence-corrected chi connectivity index (χ1v) is 2.77. The predicted octanol–water partition coefficient (Wildman–Crippen LogP) is 1.32. The Labute approximate surface area is 85.5 Å². The minimum absolute atomic E-state index is 0. The van der Waals surface area contributed by atoms with Crippen LogP contribution in [0.1, 0.15) is 0 Å². The summed E-state index contributed by atoms with van der Waals surface area (Å²) in [5.41, 5.74) is 0. The van der Waals surface area contributed by atoms with Crippen molar-refractivity contribution in [3.8, 4) is 0 Å². The van der Waals surface area contributed by atoms with Crippen molar-refractivity contribution in [3.05, 3.63) is 0 Å². The van der Waals surface area contributed by atoms with E-state index in [1.807, 2.05) is 0 Å². The molecule has 2 radical (unpaired) electrons. The number of alkyl halides is 6. The van der Waals surface area contributed by atoms with Crippen LogP contribution in [0.15, 0.2) is 0 Å². The van der Waals surface area contributed by atoms with Gasteiger partial charge in [0.1, 0.15) is 6.67 Å². The third-order valence-electron chi connectivity index (χ3n) is 1.04. The SMILES string of the molecule is FCC(F)C(F)C(F)C(F)F.[PbH2]. The van der Waals surface area contributed by atoms with Gasteiger partial charge in [0.15, 0.2) is 18.5 Å². The van der Waals surface area contributed by atoms with Crippen LogP contribution in [0.25, 0.3) is 0 Å². The monoisotopic (exact) mass is 390 g/mol. The van der Waals surface area contributed by atoms with E-state index in [1.54, 1.807) is 0 Å². The van der Waals surface area contributed by atoms with Gasteiger partial charge in [-0.25, -0.2) is 26.3 Å². The molecule has 0 amide bonds. The van der Waals surface area contributed by atoms with Gasteiger partial charge in [-0.1, -0.05) is 0 Å². The van der Waals surface area contributed by atoms with E-state index in [0.29, 0.717) is 0 Å². The molecule has 0 nitrogen and oxygen atoms in total. The molecule has 0 bridgehead atoms. The van der Waals surface area contributed by atoms with Crippen LogP contribution < -0.4 is 0 Å². The molecule has 0 aromatic heterocycles. The van der Waals surface area contributed by atoms with Crippen LogP contribution in [0.3, 0.4) is 0 Å². The Morgan fingerprint density at radius 2 is 1.25 bits per heavy atom. The number of hydrogen-bond acceptors (Lipinski definition) is 0. The summed E-state index contributed by atoms with van der Waals surface area (Å²) in [6, 6.07) is 0. The van der Waals surface area contributed by atoms with Gasteiger partial charge in [-0.15, -0.1) is 0 Å². The molecule has 3 atom stereocenters. The van der Waals surface area contributed by atoms with Crippen LogP contribution in [0.4, 0.5) is 26.3 Å². The quantitative estimate of drug-likeness (QED) is 0.503. The molecule has 12 heavy (non-hydrogen) atoms. The van der Waals surface area contributed by atoms with Crippen LogP contribution >= 0.6 is 0 Å². The molecular weight excluding hydrogens is 381 g/mol. The Bertz CT molecular complexity index is 110. The molecule has 0 aliphatic carbocycles. The summed E-state index contributed by atoms with van der Waals surface area (Å²) in [6.45, 7) is -1.80. The van der Waals surface area contributed by atoms with Crippen molar-refractivity contribution in [2.24, 2.45) is 0 Å². The summed E-state index contributed by atoms with van der Waals surface area (Å²) in [7, 11) is 0. The second-order valence-electron chi connectivity index (χ2n) is 1.89. The minimum atomic E-state index is -3.62. The van der Waals surface area contributed by atoms with E-state index in [9.17, 15) is 26.3 Å². The van der Waals surface area contributed by atoms with Gasteiger partial charge in [-0.3, -0.25) is 0 Å². The molecule has 3 unspecified atom stereocenters. The van der Waals surface area contributed by atoms with Crippen LogP contribution in [0.5, 0.6) is 0 Å². The molecule has 0 saturated heterocycles. The van der Waals surface area contributed by atoms with Gasteiger partial charge in [0.2, 0.25) is 0 Å². The molecule has 0 aliphatic rings. The fourth-order valence-corrected chi connectivity index (χ4v) is 0.424. The van der Waals surface area contributed by atoms with Gasteiger partial charge < -0.3 is 0 Å². The zero-order valence-corrected chi connectivity index (χ0v) is 11.5. The second-order valence-corrected chi connectivity index (χ2v) is 1.89. The maximum atomic E-state index is 12.0. The average Bonchev–Trinajstić information content (AvgIpc) is 2.00. The first-order valence-electron chi connectivity index (χ1n) is 2.77. The fourth-order valence-electron chi connectivity index (χ4n) is 0.424. The normalized spacial score (nSPS) is 18.2. The van der Waals surface area contributed by atoms with Crippen molar-refractivity contribution < 1.29 is 26.3 Å². The van der Waals surface area contributed by atoms with E-state index in [0.717, 1.165) is 0 Å². The molecule has 0 saturated carbocycles. The van der Waals surface area contributed by atoms with Crippen molar-refractivity contribution in [2.75, 3.05) is 6.67 Å². The Kier molecular flexibility index (Phi) is 8.70. The molecule has 0 spiro atoms. The molecule has 0 aromatic rings. The summed E-state index contributed by atoms with van der Waals surface area (Å²) in [6.07, 6.45) is -12.8. The standard InChI is InChI=1S/C5H6F6.Pb.2H/c6-1-2(7)3(8)4(9)5(10)11;;;/h2-5H,1H2;;;. The van der Waals surface area contributed by atoms with E-state index in [-0.39, 0.29) is 27.3 Å². The molecule has 0 fully saturated rings. The summed E-state index contributed by atoms with van der Waals surface area (Å²) in [4.78, 5) is 0. The van der Waals surface area contributed by atoms with Gasteiger partial charge in [0, 0.05) is 0 Å². The maximum absolute atomic E-state index is 12.0. The number of hydrogen-bond donors (Lipinski definition) is 0. The van der Waals surface area contributed by atoms with Crippen molar-refractivity contribution in [2.45, 2.75) is 24.9 Å². The molecule has 0 heterocycles. The third-order valence-corrected chi connectivity index (χ3v) is 1.04. The zero-order valence-electron chi connectivity index (χ0n) is 5.99. The first-order chi connectivity index (χ1) is 5.00. The Morgan fingerprint density at radius 3 is 1.50 bits per heavy atom. The third kappa shape index (κ3) is 4.51. The van der Waals surface area contributed by atoms with Gasteiger partial charge in [-0.2, -0.15) is 0 Å². The van der Waals surface area contributed by atoms with Crippen LogP contribution in [0, 0.1) is 0 Å². The molecule has 0 aliphatic heterocycles. The zero-order chi connectivity index (χ0) is 9.02. The summed E-state index contributed by atoms with van der Waals surface area (Å²) < 4.78 is 69.4. The molecule has 7 heteroatoms. The fraction of sp³-hybridized carbons (Fsp3) is 1.00. The van der Waals surface area contributed by atoms with E-state index in [2.05, 4.69) is 0 Å². The molecule has 74 valence electrons. The average molecular weight is 389 g/mol. The van der Waals surface area contributed by atoms with E-state index in [4.69, 9.17) is 0 Å². The van der Waals surface area contributed by atoms with Gasteiger partial charge in [-0.05, 0) is 0 Å². The van der Waals surface area contributed by atoms with Crippen molar-refractivity contribution in [3.63, 3.8) is 0 Å².